The van der Waals surface area contributed by atoms with E-state index in [1.165, 1.54) is 0 Å². The Morgan fingerprint density at radius 3 is 2.85 bits per heavy atom. The zero-order valence-corrected chi connectivity index (χ0v) is 12.5. The van der Waals surface area contributed by atoms with E-state index in [0.29, 0.717) is 24.8 Å². The number of aromatic nitrogens is 2. The maximum atomic E-state index is 10.9. The molecule has 0 radical (unpaired) electrons. The zero-order valence-electron chi connectivity index (χ0n) is 10.9. The molecule has 0 amide bonds. The molecule has 0 atom stereocenters. The second-order valence-corrected chi connectivity index (χ2v) is 5.32. The Bertz CT molecular complexity index is 600. The van der Waals surface area contributed by atoms with Crippen LogP contribution in [-0.4, -0.2) is 32.7 Å². The lowest BCUT2D eigenvalue weighted by molar-refractivity contribution is -0.138. The number of aliphatic carboxylic acids is 1. The fourth-order valence-electron chi connectivity index (χ4n) is 1.85. The smallest absolute Gasteiger partial charge is 0.317 e. The monoisotopic (exact) mass is 339 g/mol. The molecule has 0 fully saturated rings. The number of hydrogen-bond acceptors (Lipinski definition) is 5. The lowest BCUT2D eigenvalue weighted by Gasteiger charge is -2.18. The Labute approximate surface area is 124 Å². The molecular weight excluding hydrogens is 326 g/mol. The summed E-state index contributed by atoms with van der Waals surface area (Å²) in [6.07, 6.45) is 0. The van der Waals surface area contributed by atoms with Gasteiger partial charge in [-0.1, -0.05) is 33.2 Å². The lowest BCUT2D eigenvalue weighted by Crippen LogP contribution is -2.29. The molecule has 0 saturated heterocycles. The Balaban J connectivity index is 2.09. The largest absolute Gasteiger partial charge is 0.480 e. The summed E-state index contributed by atoms with van der Waals surface area (Å²) in [4.78, 5) is 16.8. The van der Waals surface area contributed by atoms with Crippen molar-refractivity contribution in [3.63, 3.8) is 0 Å². The van der Waals surface area contributed by atoms with Gasteiger partial charge in [0.1, 0.15) is 0 Å². The van der Waals surface area contributed by atoms with Crippen LogP contribution in [0.3, 0.4) is 0 Å². The topological polar surface area (TPSA) is 79.5 Å². The van der Waals surface area contributed by atoms with Crippen LogP contribution in [0.2, 0.25) is 0 Å². The first-order valence-corrected chi connectivity index (χ1v) is 6.80. The molecule has 2 aromatic rings. The van der Waals surface area contributed by atoms with Crippen LogP contribution in [0.5, 0.6) is 0 Å². The molecule has 6 nitrogen and oxygen atoms in total. The van der Waals surface area contributed by atoms with Crippen molar-refractivity contribution in [2.75, 3.05) is 6.54 Å². The summed E-state index contributed by atoms with van der Waals surface area (Å²) in [5, 5.41) is 12.7. The van der Waals surface area contributed by atoms with Crippen LogP contribution >= 0.6 is 15.9 Å². The molecule has 0 bridgehead atoms. The summed E-state index contributed by atoms with van der Waals surface area (Å²) < 4.78 is 5.99. The molecule has 1 heterocycles. The highest BCUT2D eigenvalue weighted by Gasteiger charge is 2.14. The Morgan fingerprint density at radius 2 is 2.25 bits per heavy atom. The lowest BCUT2D eigenvalue weighted by atomic mass is 10.2. The van der Waals surface area contributed by atoms with E-state index in [1.807, 2.05) is 24.3 Å². The van der Waals surface area contributed by atoms with E-state index in [0.717, 1.165) is 10.0 Å². The summed E-state index contributed by atoms with van der Waals surface area (Å²) in [5.41, 5.74) is 1.01. The number of carbonyl (C=O) groups is 1. The van der Waals surface area contributed by atoms with Gasteiger partial charge in [-0.25, -0.2) is 0 Å². The number of hydrogen-bond donors (Lipinski definition) is 1. The van der Waals surface area contributed by atoms with Gasteiger partial charge < -0.3 is 9.63 Å². The second-order valence-electron chi connectivity index (χ2n) is 4.40. The fourth-order valence-corrected chi connectivity index (χ4v) is 2.29. The van der Waals surface area contributed by atoms with Crippen molar-refractivity contribution in [3.8, 4) is 0 Å². The molecule has 0 saturated carbocycles. The number of carboxylic acids is 1. The molecule has 0 aliphatic carbocycles. The highest BCUT2D eigenvalue weighted by atomic mass is 79.9. The van der Waals surface area contributed by atoms with Gasteiger partial charge in [-0.05, 0) is 24.6 Å². The minimum absolute atomic E-state index is 0.0893. The molecule has 0 unspecified atom stereocenters. The van der Waals surface area contributed by atoms with Crippen LogP contribution in [0.15, 0.2) is 33.3 Å². The van der Waals surface area contributed by atoms with E-state index >= 15 is 0 Å². The van der Waals surface area contributed by atoms with Crippen LogP contribution in [0.4, 0.5) is 0 Å². The first kappa shape index (κ1) is 14.7. The van der Waals surface area contributed by atoms with Gasteiger partial charge in [0.2, 0.25) is 5.89 Å². The van der Waals surface area contributed by atoms with Gasteiger partial charge in [0.05, 0.1) is 13.1 Å². The predicted octanol–water partition coefficient (Wildman–Crippen LogP) is 2.23. The third-order valence-corrected chi connectivity index (χ3v) is 3.08. The molecule has 0 aliphatic rings. The van der Waals surface area contributed by atoms with Gasteiger partial charge >= 0.3 is 5.97 Å². The van der Waals surface area contributed by atoms with Gasteiger partial charge in [-0.3, -0.25) is 9.69 Å². The number of benzene rings is 1. The molecule has 2 rings (SSSR count). The molecule has 106 valence electrons. The van der Waals surface area contributed by atoms with Crippen LogP contribution in [0.25, 0.3) is 0 Å². The number of nitrogens with zero attached hydrogens (tertiary/aromatic N) is 3. The van der Waals surface area contributed by atoms with Gasteiger partial charge in [-0.15, -0.1) is 0 Å². The zero-order chi connectivity index (χ0) is 14.5. The summed E-state index contributed by atoms with van der Waals surface area (Å²) in [6.45, 7) is 2.43. The molecule has 20 heavy (non-hydrogen) atoms. The van der Waals surface area contributed by atoms with E-state index in [2.05, 4.69) is 26.1 Å². The first-order chi connectivity index (χ1) is 9.52. The Morgan fingerprint density at radius 1 is 1.45 bits per heavy atom. The van der Waals surface area contributed by atoms with Crippen LogP contribution < -0.4 is 0 Å². The maximum absolute atomic E-state index is 10.9. The summed E-state index contributed by atoms with van der Waals surface area (Å²) in [5.74, 6) is 0.0627. The number of aryl methyl sites for hydroxylation is 1. The van der Waals surface area contributed by atoms with Crippen molar-refractivity contribution in [2.24, 2.45) is 0 Å². The van der Waals surface area contributed by atoms with Gasteiger partial charge in [0, 0.05) is 11.0 Å². The standard InChI is InChI=1S/C13H14BrN3O3/c1-9-15-12(20-16-9)7-17(8-13(18)19)6-10-3-2-4-11(14)5-10/h2-5H,6-8H2,1H3,(H,18,19). The molecule has 0 aliphatic heterocycles. The van der Waals surface area contributed by atoms with Crippen LogP contribution in [-0.2, 0) is 17.9 Å². The van der Waals surface area contributed by atoms with E-state index in [9.17, 15) is 4.79 Å². The Hall–Kier alpha value is -1.73. The number of rotatable bonds is 6. The quantitative estimate of drug-likeness (QED) is 0.869. The second kappa shape index (κ2) is 6.62. The number of carboxylic acid groups (broad SMARTS) is 1. The van der Waals surface area contributed by atoms with Crippen LogP contribution in [0.1, 0.15) is 17.3 Å². The maximum Gasteiger partial charge on any atom is 0.317 e. The molecule has 7 heteroatoms. The third kappa shape index (κ3) is 4.43. The molecule has 1 aromatic carbocycles. The average Bonchev–Trinajstić information content (AvgIpc) is 2.73. The average molecular weight is 340 g/mol. The highest BCUT2D eigenvalue weighted by Crippen LogP contribution is 2.14. The highest BCUT2D eigenvalue weighted by molar-refractivity contribution is 9.10. The first-order valence-electron chi connectivity index (χ1n) is 6.00. The minimum Gasteiger partial charge on any atom is -0.480 e. The molecule has 0 spiro atoms. The normalized spacial score (nSPS) is 10.9. The van der Waals surface area contributed by atoms with Crippen molar-refractivity contribution < 1.29 is 14.4 Å². The summed E-state index contributed by atoms with van der Waals surface area (Å²) >= 11 is 3.40. The summed E-state index contributed by atoms with van der Waals surface area (Å²) in [7, 11) is 0. The van der Waals surface area contributed by atoms with Gasteiger partial charge in [-0.2, -0.15) is 4.98 Å². The van der Waals surface area contributed by atoms with Crippen molar-refractivity contribution in [3.05, 3.63) is 46.0 Å². The van der Waals surface area contributed by atoms with E-state index in [4.69, 9.17) is 9.63 Å². The fraction of sp³-hybridized carbons (Fsp3) is 0.308. The van der Waals surface area contributed by atoms with Crippen molar-refractivity contribution in [1.82, 2.24) is 15.0 Å². The van der Waals surface area contributed by atoms with Crippen LogP contribution in [0, 0.1) is 6.92 Å². The van der Waals surface area contributed by atoms with Gasteiger partial charge in [0.15, 0.2) is 5.82 Å². The number of halogens is 1. The van der Waals surface area contributed by atoms with Crippen molar-refractivity contribution >= 4 is 21.9 Å². The van der Waals surface area contributed by atoms with Gasteiger partial charge in [0.25, 0.3) is 0 Å². The molecule has 1 N–H and O–H groups in total. The summed E-state index contributed by atoms with van der Waals surface area (Å²) in [6, 6.07) is 7.73. The molecular formula is C13H14BrN3O3. The van der Waals surface area contributed by atoms with E-state index < -0.39 is 5.97 Å². The Kier molecular flexibility index (Phi) is 4.86. The predicted molar refractivity (Wildman–Crippen MR) is 74.9 cm³/mol. The van der Waals surface area contributed by atoms with E-state index in [-0.39, 0.29) is 6.54 Å². The molecule has 1 aromatic heterocycles. The SMILES string of the molecule is Cc1noc(CN(CC(=O)O)Cc2cccc(Br)c2)n1. The minimum atomic E-state index is -0.892. The van der Waals surface area contributed by atoms with Crippen molar-refractivity contribution in [2.45, 2.75) is 20.0 Å². The van der Waals surface area contributed by atoms with Crippen molar-refractivity contribution in [1.29, 1.82) is 0 Å². The third-order valence-electron chi connectivity index (χ3n) is 2.58. The van der Waals surface area contributed by atoms with E-state index in [1.54, 1.807) is 11.8 Å².